The summed E-state index contributed by atoms with van der Waals surface area (Å²) in [6.07, 6.45) is 0.598. The molecule has 100 valence electrons. The van der Waals surface area contributed by atoms with Gasteiger partial charge in [0.2, 0.25) is 0 Å². The van der Waals surface area contributed by atoms with E-state index < -0.39 is 5.97 Å². The number of aromatic nitrogens is 2. The standard InChI is InChI=1S/C15H18N2O2/c1-10(2)11-3-5-12(6-4-11)14-9-13(16-17-14)7-8-15(18)19/h3-6,9-10H,7-8H2,1-2H3,(H,16,17)(H,18,19). The minimum absolute atomic E-state index is 0.119. The van der Waals surface area contributed by atoms with Crippen LogP contribution in [0.15, 0.2) is 30.3 Å². The molecule has 0 saturated heterocycles. The number of aromatic amines is 1. The Labute approximate surface area is 112 Å². The van der Waals surface area contributed by atoms with Gasteiger partial charge in [-0.25, -0.2) is 0 Å². The number of carboxylic acids is 1. The fraction of sp³-hybridized carbons (Fsp3) is 0.333. The molecule has 2 N–H and O–H groups in total. The molecule has 0 bridgehead atoms. The van der Waals surface area contributed by atoms with Crippen LogP contribution in [0, 0.1) is 0 Å². The van der Waals surface area contributed by atoms with Crippen molar-refractivity contribution in [2.75, 3.05) is 0 Å². The van der Waals surface area contributed by atoms with Crippen LogP contribution in [0.4, 0.5) is 0 Å². The Morgan fingerprint density at radius 1 is 1.32 bits per heavy atom. The SMILES string of the molecule is CC(C)c1ccc(-c2cc(CCC(=O)O)[nH]n2)cc1. The molecule has 0 atom stereocenters. The molecule has 19 heavy (non-hydrogen) atoms. The Balaban J connectivity index is 2.11. The van der Waals surface area contributed by atoms with Crippen molar-refractivity contribution in [1.29, 1.82) is 0 Å². The number of hydrogen-bond acceptors (Lipinski definition) is 2. The highest BCUT2D eigenvalue weighted by Crippen LogP contribution is 2.21. The summed E-state index contributed by atoms with van der Waals surface area (Å²) >= 11 is 0. The first-order valence-corrected chi connectivity index (χ1v) is 6.42. The van der Waals surface area contributed by atoms with E-state index in [4.69, 9.17) is 5.11 Å². The van der Waals surface area contributed by atoms with Crippen LogP contribution in [0.3, 0.4) is 0 Å². The van der Waals surface area contributed by atoms with E-state index in [9.17, 15) is 4.79 Å². The molecule has 0 amide bonds. The molecule has 1 heterocycles. The van der Waals surface area contributed by atoms with Crippen molar-refractivity contribution in [3.8, 4) is 11.3 Å². The Kier molecular flexibility index (Phi) is 4.00. The number of aryl methyl sites for hydroxylation is 1. The van der Waals surface area contributed by atoms with E-state index in [-0.39, 0.29) is 6.42 Å². The van der Waals surface area contributed by atoms with Crippen LogP contribution in [0.1, 0.15) is 37.4 Å². The molecule has 0 saturated carbocycles. The van der Waals surface area contributed by atoms with Gasteiger partial charge in [0, 0.05) is 11.3 Å². The summed E-state index contributed by atoms with van der Waals surface area (Å²) < 4.78 is 0. The average Bonchev–Trinajstić information content (AvgIpc) is 2.85. The molecule has 4 heteroatoms. The number of rotatable bonds is 5. The molecule has 1 aromatic carbocycles. The molecular weight excluding hydrogens is 240 g/mol. The number of nitrogens with zero attached hydrogens (tertiary/aromatic N) is 1. The predicted octanol–water partition coefficient (Wildman–Crippen LogP) is 3.22. The number of nitrogens with one attached hydrogen (secondary N) is 1. The van der Waals surface area contributed by atoms with E-state index in [1.807, 2.05) is 18.2 Å². The topological polar surface area (TPSA) is 66.0 Å². The molecule has 1 aromatic heterocycles. The zero-order valence-corrected chi connectivity index (χ0v) is 11.2. The Morgan fingerprint density at radius 2 is 2.00 bits per heavy atom. The van der Waals surface area contributed by atoms with E-state index in [0.717, 1.165) is 17.0 Å². The zero-order chi connectivity index (χ0) is 13.8. The van der Waals surface area contributed by atoms with Gasteiger partial charge >= 0.3 is 5.97 Å². The molecule has 2 aromatic rings. The van der Waals surface area contributed by atoms with Crippen LogP contribution in [0.2, 0.25) is 0 Å². The molecule has 0 unspecified atom stereocenters. The minimum Gasteiger partial charge on any atom is -0.481 e. The Bertz CT molecular complexity index is 556. The van der Waals surface area contributed by atoms with E-state index in [0.29, 0.717) is 12.3 Å². The number of carbonyl (C=O) groups is 1. The van der Waals surface area contributed by atoms with Gasteiger partial charge in [-0.15, -0.1) is 0 Å². The maximum atomic E-state index is 10.5. The number of hydrogen-bond donors (Lipinski definition) is 2. The van der Waals surface area contributed by atoms with Crippen molar-refractivity contribution in [2.45, 2.75) is 32.6 Å². The van der Waals surface area contributed by atoms with Gasteiger partial charge in [-0.05, 0) is 24.0 Å². The lowest BCUT2D eigenvalue weighted by Crippen LogP contribution is -1.97. The van der Waals surface area contributed by atoms with E-state index in [1.54, 1.807) is 0 Å². The van der Waals surface area contributed by atoms with Crippen molar-refractivity contribution >= 4 is 5.97 Å². The van der Waals surface area contributed by atoms with Crippen LogP contribution in [-0.2, 0) is 11.2 Å². The van der Waals surface area contributed by atoms with Crippen LogP contribution in [-0.4, -0.2) is 21.3 Å². The highest BCUT2D eigenvalue weighted by Gasteiger charge is 2.06. The maximum absolute atomic E-state index is 10.5. The maximum Gasteiger partial charge on any atom is 0.303 e. The lowest BCUT2D eigenvalue weighted by molar-refractivity contribution is -0.136. The largest absolute Gasteiger partial charge is 0.481 e. The smallest absolute Gasteiger partial charge is 0.303 e. The third kappa shape index (κ3) is 3.44. The summed E-state index contributed by atoms with van der Waals surface area (Å²) in [5.41, 5.74) is 4.05. The van der Waals surface area contributed by atoms with Crippen LogP contribution >= 0.6 is 0 Å². The normalized spacial score (nSPS) is 10.9. The van der Waals surface area contributed by atoms with Crippen molar-refractivity contribution in [3.05, 3.63) is 41.6 Å². The van der Waals surface area contributed by atoms with Gasteiger partial charge in [0.25, 0.3) is 0 Å². The summed E-state index contributed by atoms with van der Waals surface area (Å²) in [4.78, 5) is 10.5. The number of benzene rings is 1. The fourth-order valence-corrected chi connectivity index (χ4v) is 1.92. The number of aliphatic carboxylic acids is 1. The molecule has 0 aliphatic rings. The van der Waals surface area contributed by atoms with Gasteiger partial charge in [-0.1, -0.05) is 38.1 Å². The van der Waals surface area contributed by atoms with E-state index >= 15 is 0 Å². The third-order valence-corrected chi connectivity index (χ3v) is 3.11. The molecule has 0 aliphatic carbocycles. The van der Waals surface area contributed by atoms with Gasteiger partial charge < -0.3 is 5.11 Å². The second kappa shape index (κ2) is 5.69. The number of H-pyrrole nitrogens is 1. The molecular formula is C15H18N2O2. The lowest BCUT2D eigenvalue weighted by atomic mass is 10.0. The van der Waals surface area contributed by atoms with Crippen LogP contribution in [0.5, 0.6) is 0 Å². The number of carboxylic acid groups (broad SMARTS) is 1. The summed E-state index contributed by atoms with van der Waals surface area (Å²) in [5.74, 6) is -0.281. The molecule has 0 fully saturated rings. The first kappa shape index (κ1) is 13.3. The second-order valence-corrected chi connectivity index (χ2v) is 4.95. The first-order chi connectivity index (χ1) is 9.06. The molecule has 0 spiro atoms. The van der Waals surface area contributed by atoms with Crippen LogP contribution < -0.4 is 0 Å². The fourth-order valence-electron chi connectivity index (χ4n) is 1.92. The van der Waals surface area contributed by atoms with Gasteiger partial charge in [0.05, 0.1) is 12.1 Å². The second-order valence-electron chi connectivity index (χ2n) is 4.95. The lowest BCUT2D eigenvalue weighted by Gasteiger charge is -2.05. The zero-order valence-electron chi connectivity index (χ0n) is 11.2. The van der Waals surface area contributed by atoms with Crippen molar-refractivity contribution in [1.82, 2.24) is 10.2 Å². The van der Waals surface area contributed by atoms with Crippen LogP contribution in [0.25, 0.3) is 11.3 Å². The monoisotopic (exact) mass is 258 g/mol. The predicted molar refractivity (Wildman–Crippen MR) is 74.1 cm³/mol. The molecule has 0 radical (unpaired) electrons. The highest BCUT2D eigenvalue weighted by molar-refractivity contribution is 5.67. The Morgan fingerprint density at radius 3 is 2.58 bits per heavy atom. The van der Waals surface area contributed by atoms with Crippen molar-refractivity contribution in [2.24, 2.45) is 0 Å². The van der Waals surface area contributed by atoms with Gasteiger partial charge in [-0.2, -0.15) is 5.10 Å². The summed E-state index contributed by atoms with van der Waals surface area (Å²) in [5, 5.41) is 15.8. The highest BCUT2D eigenvalue weighted by atomic mass is 16.4. The quantitative estimate of drug-likeness (QED) is 0.865. The first-order valence-electron chi connectivity index (χ1n) is 6.42. The molecule has 4 nitrogen and oxygen atoms in total. The minimum atomic E-state index is -0.794. The van der Waals surface area contributed by atoms with Gasteiger partial charge in [-0.3, -0.25) is 9.89 Å². The molecule has 0 aliphatic heterocycles. The average molecular weight is 258 g/mol. The van der Waals surface area contributed by atoms with Gasteiger partial charge in [0.15, 0.2) is 0 Å². The van der Waals surface area contributed by atoms with Gasteiger partial charge in [0.1, 0.15) is 0 Å². The summed E-state index contributed by atoms with van der Waals surface area (Å²) in [6, 6.07) is 10.2. The summed E-state index contributed by atoms with van der Waals surface area (Å²) in [7, 11) is 0. The summed E-state index contributed by atoms with van der Waals surface area (Å²) in [6.45, 7) is 4.32. The molecule has 2 rings (SSSR count). The van der Waals surface area contributed by atoms with Crippen molar-refractivity contribution < 1.29 is 9.90 Å². The van der Waals surface area contributed by atoms with Crippen molar-refractivity contribution in [3.63, 3.8) is 0 Å². The third-order valence-electron chi connectivity index (χ3n) is 3.11. The van der Waals surface area contributed by atoms with E-state index in [1.165, 1.54) is 5.56 Å². The van der Waals surface area contributed by atoms with E-state index in [2.05, 4.69) is 36.2 Å². The Hall–Kier alpha value is -2.10.